The van der Waals surface area contributed by atoms with Crippen LogP contribution in [0, 0.1) is 5.92 Å². The number of rotatable bonds is 4. The Kier molecular flexibility index (Phi) is 4.98. The number of hydrogen-bond acceptors (Lipinski definition) is 3. The Bertz CT molecular complexity index is 494. The van der Waals surface area contributed by atoms with Crippen molar-refractivity contribution in [1.29, 1.82) is 0 Å². The molecule has 1 aromatic rings. The Labute approximate surface area is 132 Å². The molecule has 22 heavy (non-hydrogen) atoms. The molecule has 0 radical (unpaired) electrons. The molecule has 0 aromatic heterocycles. The Balaban J connectivity index is 1.52. The van der Waals surface area contributed by atoms with Gasteiger partial charge in [-0.2, -0.15) is 0 Å². The molecule has 3 rings (SSSR count). The second kappa shape index (κ2) is 7.14. The molecule has 1 aromatic carbocycles. The molecule has 2 aliphatic rings. The van der Waals surface area contributed by atoms with E-state index in [1.807, 2.05) is 24.3 Å². The van der Waals surface area contributed by atoms with Crippen LogP contribution >= 0.6 is 0 Å². The number of ether oxygens (including phenoxy) is 1. The van der Waals surface area contributed by atoms with Crippen molar-refractivity contribution in [2.24, 2.45) is 5.92 Å². The topological polar surface area (TPSA) is 41.6 Å². The molecule has 2 fully saturated rings. The summed E-state index contributed by atoms with van der Waals surface area (Å²) >= 11 is 0. The van der Waals surface area contributed by atoms with Crippen molar-refractivity contribution in [3.05, 3.63) is 24.3 Å². The lowest BCUT2D eigenvalue weighted by Gasteiger charge is -2.28. The minimum Gasteiger partial charge on any atom is -0.490 e. The molecule has 120 valence electrons. The monoisotopic (exact) mass is 302 g/mol. The minimum absolute atomic E-state index is 0.105. The number of amides is 1. The molecule has 1 amide bonds. The van der Waals surface area contributed by atoms with Gasteiger partial charge in [0.05, 0.1) is 12.0 Å². The zero-order valence-electron chi connectivity index (χ0n) is 13.4. The van der Waals surface area contributed by atoms with Crippen molar-refractivity contribution < 1.29 is 9.53 Å². The molecular weight excluding hydrogens is 276 g/mol. The first-order valence-corrected chi connectivity index (χ1v) is 8.47. The maximum Gasteiger partial charge on any atom is 0.228 e. The summed E-state index contributed by atoms with van der Waals surface area (Å²) in [6, 6.07) is 7.80. The highest BCUT2D eigenvalue weighted by Gasteiger charge is 2.24. The molecule has 1 aliphatic heterocycles. The summed E-state index contributed by atoms with van der Waals surface area (Å²) in [4.78, 5) is 14.5. The molecule has 1 N–H and O–H groups in total. The second-order valence-electron chi connectivity index (χ2n) is 6.64. The Morgan fingerprint density at radius 1 is 1.14 bits per heavy atom. The number of anilines is 1. The van der Waals surface area contributed by atoms with Gasteiger partial charge in [-0.1, -0.05) is 0 Å². The van der Waals surface area contributed by atoms with E-state index in [2.05, 4.69) is 17.3 Å². The number of carbonyl (C=O) groups excluding carboxylic acids is 1. The van der Waals surface area contributed by atoms with Crippen LogP contribution in [0.1, 0.15) is 38.5 Å². The van der Waals surface area contributed by atoms with Crippen molar-refractivity contribution >= 4 is 11.6 Å². The van der Waals surface area contributed by atoms with E-state index in [1.165, 1.54) is 12.8 Å². The van der Waals surface area contributed by atoms with Crippen molar-refractivity contribution in [2.45, 2.75) is 44.6 Å². The molecule has 1 unspecified atom stereocenters. The fraction of sp³-hybridized carbons (Fsp3) is 0.611. The van der Waals surface area contributed by atoms with Crippen molar-refractivity contribution in [3.63, 3.8) is 0 Å². The number of nitrogens with zero attached hydrogens (tertiary/aromatic N) is 1. The number of carbonyl (C=O) groups is 1. The number of likely N-dealkylation sites (tertiary alicyclic amines) is 1. The summed E-state index contributed by atoms with van der Waals surface area (Å²) in [6.07, 6.45) is 7.32. The van der Waals surface area contributed by atoms with E-state index in [9.17, 15) is 4.79 Å². The molecule has 0 bridgehead atoms. The van der Waals surface area contributed by atoms with E-state index in [1.54, 1.807) is 0 Å². The summed E-state index contributed by atoms with van der Waals surface area (Å²) in [5, 5.41) is 3.03. The fourth-order valence-electron chi connectivity index (χ4n) is 3.44. The van der Waals surface area contributed by atoms with Crippen LogP contribution in [0.5, 0.6) is 5.75 Å². The van der Waals surface area contributed by atoms with E-state index >= 15 is 0 Å². The van der Waals surface area contributed by atoms with Gasteiger partial charge in [0.1, 0.15) is 5.75 Å². The van der Waals surface area contributed by atoms with Gasteiger partial charge in [0.15, 0.2) is 0 Å². The zero-order chi connectivity index (χ0) is 15.4. The zero-order valence-corrected chi connectivity index (χ0v) is 13.4. The van der Waals surface area contributed by atoms with E-state index in [0.29, 0.717) is 6.10 Å². The van der Waals surface area contributed by atoms with E-state index < -0.39 is 0 Å². The first-order valence-electron chi connectivity index (χ1n) is 8.47. The first kappa shape index (κ1) is 15.3. The van der Waals surface area contributed by atoms with Gasteiger partial charge < -0.3 is 15.0 Å². The van der Waals surface area contributed by atoms with Gasteiger partial charge in [-0.25, -0.2) is 0 Å². The predicted molar refractivity (Wildman–Crippen MR) is 88.2 cm³/mol. The molecule has 4 heteroatoms. The average Bonchev–Trinajstić information content (AvgIpc) is 3.02. The van der Waals surface area contributed by atoms with Crippen LogP contribution in [0.4, 0.5) is 5.69 Å². The second-order valence-corrected chi connectivity index (χ2v) is 6.64. The van der Waals surface area contributed by atoms with E-state index in [0.717, 1.165) is 50.2 Å². The molecule has 1 saturated carbocycles. The third-order valence-corrected chi connectivity index (χ3v) is 4.72. The van der Waals surface area contributed by atoms with Crippen molar-refractivity contribution in [3.8, 4) is 5.75 Å². The highest BCUT2D eigenvalue weighted by Crippen LogP contribution is 2.25. The van der Waals surface area contributed by atoms with E-state index in [4.69, 9.17) is 4.74 Å². The van der Waals surface area contributed by atoms with Crippen molar-refractivity contribution in [1.82, 2.24) is 4.90 Å². The highest BCUT2D eigenvalue weighted by molar-refractivity contribution is 5.92. The van der Waals surface area contributed by atoms with Gasteiger partial charge in [0.2, 0.25) is 5.91 Å². The summed E-state index contributed by atoms with van der Waals surface area (Å²) in [7, 11) is 2.08. The summed E-state index contributed by atoms with van der Waals surface area (Å²) in [5.41, 5.74) is 0.858. The van der Waals surface area contributed by atoms with Crippen LogP contribution in [0.15, 0.2) is 24.3 Å². The largest absolute Gasteiger partial charge is 0.490 e. The van der Waals surface area contributed by atoms with Crippen LogP contribution in [-0.2, 0) is 4.79 Å². The molecule has 1 saturated heterocycles. The lowest BCUT2D eigenvalue weighted by Crippen LogP contribution is -2.38. The summed E-state index contributed by atoms with van der Waals surface area (Å²) < 4.78 is 5.95. The normalized spacial score (nSPS) is 23.4. The minimum atomic E-state index is 0.105. The predicted octanol–water partition coefficient (Wildman–Crippen LogP) is 3.29. The van der Waals surface area contributed by atoms with Gasteiger partial charge in [0.25, 0.3) is 0 Å². The van der Waals surface area contributed by atoms with Crippen LogP contribution in [-0.4, -0.2) is 37.0 Å². The maximum absolute atomic E-state index is 12.3. The molecule has 1 aliphatic carbocycles. The van der Waals surface area contributed by atoms with Crippen LogP contribution in [0.25, 0.3) is 0 Å². The van der Waals surface area contributed by atoms with Gasteiger partial charge >= 0.3 is 0 Å². The molecular formula is C18H26N2O2. The SMILES string of the molecule is CN1CCCC(C(=O)Nc2ccc(OC3CCCC3)cc2)C1. The lowest BCUT2D eigenvalue weighted by atomic mass is 9.97. The Morgan fingerprint density at radius 3 is 2.55 bits per heavy atom. The maximum atomic E-state index is 12.3. The van der Waals surface area contributed by atoms with Gasteiger partial charge in [0, 0.05) is 12.2 Å². The summed E-state index contributed by atoms with van der Waals surface area (Å²) in [5.74, 6) is 1.14. The van der Waals surface area contributed by atoms with Crippen LogP contribution in [0.3, 0.4) is 0 Å². The lowest BCUT2D eigenvalue weighted by molar-refractivity contribution is -0.121. The fourth-order valence-corrected chi connectivity index (χ4v) is 3.44. The quantitative estimate of drug-likeness (QED) is 0.928. The molecule has 1 atom stereocenters. The molecule has 1 heterocycles. The van der Waals surface area contributed by atoms with Crippen molar-refractivity contribution in [2.75, 3.05) is 25.5 Å². The van der Waals surface area contributed by atoms with E-state index in [-0.39, 0.29) is 11.8 Å². The van der Waals surface area contributed by atoms with Crippen LogP contribution in [0.2, 0.25) is 0 Å². The number of piperidine rings is 1. The highest BCUT2D eigenvalue weighted by atomic mass is 16.5. The van der Waals surface area contributed by atoms with Crippen LogP contribution < -0.4 is 10.1 Å². The average molecular weight is 302 g/mol. The third kappa shape index (κ3) is 4.01. The number of nitrogens with one attached hydrogen (secondary N) is 1. The number of benzene rings is 1. The third-order valence-electron chi connectivity index (χ3n) is 4.72. The molecule has 0 spiro atoms. The number of hydrogen-bond donors (Lipinski definition) is 1. The Morgan fingerprint density at radius 2 is 1.86 bits per heavy atom. The Hall–Kier alpha value is -1.55. The van der Waals surface area contributed by atoms with Gasteiger partial charge in [-0.05, 0) is 76.4 Å². The first-order chi connectivity index (χ1) is 10.7. The smallest absolute Gasteiger partial charge is 0.228 e. The standard InChI is InChI=1S/C18H26N2O2/c1-20-12-4-5-14(13-20)18(21)19-15-8-10-17(11-9-15)22-16-6-2-3-7-16/h8-11,14,16H,2-7,12-13H2,1H3,(H,19,21). The molecule has 4 nitrogen and oxygen atoms in total. The van der Waals surface area contributed by atoms with Gasteiger partial charge in [-0.15, -0.1) is 0 Å². The summed E-state index contributed by atoms with van der Waals surface area (Å²) in [6.45, 7) is 1.95. The van der Waals surface area contributed by atoms with Gasteiger partial charge in [-0.3, -0.25) is 4.79 Å².